The van der Waals surface area contributed by atoms with Crippen LogP contribution in [0, 0.1) is 0 Å². The van der Waals surface area contributed by atoms with Gasteiger partial charge < -0.3 is 20.0 Å². The van der Waals surface area contributed by atoms with Crippen molar-refractivity contribution in [1.29, 1.82) is 0 Å². The second-order valence-corrected chi connectivity index (χ2v) is 8.36. The minimum atomic E-state index is -1.28. The number of allylic oxidation sites excluding steroid dienone is 2. The van der Waals surface area contributed by atoms with Crippen molar-refractivity contribution in [1.82, 2.24) is 9.80 Å². The van der Waals surface area contributed by atoms with Crippen LogP contribution in [-0.2, 0) is 9.59 Å². The molecule has 0 aromatic rings. The largest absolute Gasteiger partial charge is 0.392 e. The molecule has 4 aliphatic heterocycles. The molecular weight excluding hydrogens is 324 g/mol. The normalized spacial score (nSPS) is 42.0. The molecule has 1 spiro atoms. The van der Waals surface area contributed by atoms with Crippen molar-refractivity contribution in [2.45, 2.75) is 35.7 Å². The van der Waals surface area contributed by atoms with Crippen LogP contribution in [0.25, 0.3) is 0 Å². The molecule has 2 N–H and O–H groups in total. The summed E-state index contributed by atoms with van der Waals surface area (Å²) < 4.78 is 0. The van der Waals surface area contributed by atoms with E-state index in [9.17, 15) is 19.8 Å². The van der Waals surface area contributed by atoms with Gasteiger partial charge in [0, 0.05) is 13.5 Å². The number of aliphatic hydroxyl groups is 2. The highest BCUT2D eigenvalue weighted by atomic mass is 33.1. The molecule has 0 saturated carbocycles. The van der Waals surface area contributed by atoms with E-state index in [1.807, 2.05) is 6.08 Å². The topological polar surface area (TPSA) is 81.1 Å². The third-order valence-electron chi connectivity index (χ3n) is 4.70. The Hall–Kier alpha value is -0.960. The zero-order valence-corrected chi connectivity index (χ0v) is 12.9. The molecule has 0 radical (unpaired) electrons. The highest BCUT2D eigenvalue weighted by Crippen LogP contribution is 2.64. The van der Waals surface area contributed by atoms with Gasteiger partial charge in [0.2, 0.25) is 4.87 Å². The first-order valence-electron chi connectivity index (χ1n) is 6.63. The fourth-order valence-electron chi connectivity index (χ4n) is 3.55. The van der Waals surface area contributed by atoms with Crippen LogP contribution in [0.5, 0.6) is 0 Å². The average molecular weight is 342 g/mol. The zero-order chi connectivity index (χ0) is 15.0. The highest BCUT2D eigenvalue weighted by Gasteiger charge is 2.73. The number of rotatable bonds is 1. The maximum Gasteiger partial charge on any atom is 0.264 e. The highest BCUT2D eigenvalue weighted by molar-refractivity contribution is 8.78. The van der Waals surface area contributed by atoms with Crippen LogP contribution in [-0.4, -0.2) is 67.4 Å². The monoisotopic (exact) mass is 342 g/mol. The summed E-state index contributed by atoms with van der Waals surface area (Å²) in [6.07, 6.45) is 4.87. The lowest BCUT2D eigenvalue weighted by Crippen LogP contribution is -2.77. The third kappa shape index (κ3) is 1.51. The first kappa shape index (κ1) is 15.9. The lowest BCUT2D eigenvalue weighted by molar-refractivity contribution is -0.168. The predicted molar refractivity (Wildman–Crippen MR) is 85.7 cm³/mol. The molecular formula is C14H18N2O4S2. The minimum Gasteiger partial charge on any atom is -0.392 e. The minimum absolute atomic E-state index is 0. The number of hydrogen-bond donors (Lipinski definition) is 2. The number of amides is 2. The molecule has 8 heteroatoms. The van der Waals surface area contributed by atoms with Crippen molar-refractivity contribution in [2.24, 2.45) is 0 Å². The quantitative estimate of drug-likeness (QED) is 0.669. The number of carbonyl (C=O) groups is 2. The Bertz CT molecular complexity index is 622. The van der Waals surface area contributed by atoms with Crippen molar-refractivity contribution in [2.75, 3.05) is 13.7 Å². The van der Waals surface area contributed by atoms with Crippen molar-refractivity contribution >= 4 is 33.4 Å². The molecule has 2 bridgehead atoms. The number of carbonyl (C=O) groups excluding carboxylic acids is 2. The summed E-state index contributed by atoms with van der Waals surface area (Å²) in [5.74, 6) is -0.471. The average Bonchev–Trinajstić information content (AvgIpc) is 2.83. The summed E-state index contributed by atoms with van der Waals surface area (Å²) in [7, 11) is 4.14. The molecule has 5 aliphatic rings. The van der Waals surface area contributed by atoms with Crippen molar-refractivity contribution in [3.8, 4) is 0 Å². The second kappa shape index (κ2) is 4.77. The van der Waals surface area contributed by atoms with E-state index in [1.54, 1.807) is 19.2 Å². The zero-order valence-electron chi connectivity index (χ0n) is 11.2. The number of fused-ring (bicyclic) bond motifs is 3. The van der Waals surface area contributed by atoms with Gasteiger partial charge in [0.15, 0.2) is 4.87 Å². The number of nitrogens with zero attached hydrogens (tertiary/aromatic N) is 2. The first-order valence-corrected chi connectivity index (χ1v) is 8.78. The molecule has 4 saturated heterocycles. The van der Waals surface area contributed by atoms with E-state index in [0.717, 1.165) is 5.57 Å². The van der Waals surface area contributed by atoms with Crippen LogP contribution in [0.4, 0.5) is 0 Å². The molecule has 0 aromatic carbocycles. The van der Waals surface area contributed by atoms with E-state index in [1.165, 1.54) is 31.4 Å². The Morgan fingerprint density at radius 2 is 2.09 bits per heavy atom. The maximum atomic E-state index is 12.9. The first-order chi connectivity index (χ1) is 9.98. The molecule has 4 atom stereocenters. The van der Waals surface area contributed by atoms with Gasteiger partial charge in [-0.25, -0.2) is 0 Å². The van der Waals surface area contributed by atoms with Gasteiger partial charge in [0.05, 0.1) is 18.8 Å². The number of aliphatic hydroxyl groups excluding tert-OH is 2. The van der Waals surface area contributed by atoms with E-state index in [-0.39, 0.29) is 19.2 Å². The Morgan fingerprint density at radius 1 is 1.36 bits per heavy atom. The van der Waals surface area contributed by atoms with E-state index >= 15 is 0 Å². The second-order valence-electron chi connectivity index (χ2n) is 5.67. The van der Waals surface area contributed by atoms with Gasteiger partial charge in [-0.1, -0.05) is 36.4 Å². The molecule has 6 nitrogen and oxygen atoms in total. The molecule has 5 rings (SSSR count). The summed E-state index contributed by atoms with van der Waals surface area (Å²) in [5.41, 5.74) is 0.892. The molecule has 4 heterocycles. The molecule has 120 valence electrons. The summed E-state index contributed by atoms with van der Waals surface area (Å²) in [6, 6.07) is -0.500. The van der Waals surface area contributed by atoms with Gasteiger partial charge in [0.25, 0.3) is 11.8 Å². The Labute approximate surface area is 136 Å². The number of likely N-dealkylation sites (N-methyl/N-ethyl adjacent to an activating group) is 1. The molecule has 1 unspecified atom stereocenters. The molecule has 22 heavy (non-hydrogen) atoms. The summed E-state index contributed by atoms with van der Waals surface area (Å²) in [6.45, 7) is -0.435. The summed E-state index contributed by atoms with van der Waals surface area (Å²) >= 11 is 0. The smallest absolute Gasteiger partial charge is 0.264 e. The maximum absolute atomic E-state index is 12.9. The van der Waals surface area contributed by atoms with E-state index in [2.05, 4.69) is 0 Å². The molecule has 1 aliphatic carbocycles. The van der Waals surface area contributed by atoms with Gasteiger partial charge in [-0.05, 0) is 16.4 Å². The van der Waals surface area contributed by atoms with Gasteiger partial charge in [-0.2, -0.15) is 0 Å². The van der Waals surface area contributed by atoms with Gasteiger partial charge in [0.1, 0.15) is 0 Å². The van der Waals surface area contributed by atoms with Crippen LogP contribution in [0.3, 0.4) is 0 Å². The van der Waals surface area contributed by atoms with E-state index < -0.39 is 28.5 Å². The van der Waals surface area contributed by atoms with Crippen LogP contribution >= 0.6 is 21.6 Å². The summed E-state index contributed by atoms with van der Waals surface area (Å²) in [4.78, 5) is 26.4. The number of hydrogen-bond acceptors (Lipinski definition) is 6. The Kier molecular flexibility index (Phi) is 3.45. The van der Waals surface area contributed by atoms with Gasteiger partial charge >= 0.3 is 0 Å². The van der Waals surface area contributed by atoms with Gasteiger partial charge in [-0.3, -0.25) is 9.59 Å². The standard InChI is InChI=1S/C13H14N2O4S2.CH4/c1-14-10(18)12-5-7-3-2-4-8(17)9(7)15(12)11(19)13(14,6-16)21-20-12;/h2-4,8-9,16-17H,5-6H2,1H3;1H4/t8-,9-,12+,13?;/m0./s1. The van der Waals surface area contributed by atoms with Crippen LogP contribution in [0.1, 0.15) is 13.8 Å². The van der Waals surface area contributed by atoms with Crippen LogP contribution in [0.15, 0.2) is 23.8 Å². The van der Waals surface area contributed by atoms with Crippen molar-refractivity contribution in [3.63, 3.8) is 0 Å². The SMILES string of the molecule is C.CN1C(=O)[C@]23CC4=CC=C[C@H](O)[C@H]4N2C(=O)C1(CO)SS3. The van der Waals surface area contributed by atoms with Crippen molar-refractivity contribution < 1.29 is 19.8 Å². The van der Waals surface area contributed by atoms with Crippen LogP contribution < -0.4 is 0 Å². The van der Waals surface area contributed by atoms with E-state index in [0.29, 0.717) is 6.42 Å². The lowest BCUT2D eigenvalue weighted by atomic mass is 9.97. The fourth-order valence-corrected chi connectivity index (χ4v) is 7.12. The predicted octanol–water partition coefficient (Wildman–Crippen LogP) is 0.332. The molecule has 0 aromatic heterocycles. The van der Waals surface area contributed by atoms with Gasteiger partial charge in [-0.15, -0.1) is 0 Å². The fraction of sp³-hybridized carbons (Fsp3) is 0.571. The third-order valence-corrected chi connectivity index (χ3v) is 8.33. The van der Waals surface area contributed by atoms with Crippen LogP contribution in [0.2, 0.25) is 0 Å². The lowest BCUT2D eigenvalue weighted by Gasteiger charge is -2.58. The Morgan fingerprint density at radius 3 is 2.77 bits per heavy atom. The molecule has 4 fully saturated rings. The van der Waals surface area contributed by atoms with Crippen molar-refractivity contribution in [3.05, 3.63) is 23.8 Å². The number of piperazine rings is 1. The molecule has 2 amide bonds. The Balaban J connectivity index is 0.00000144. The summed E-state index contributed by atoms with van der Waals surface area (Å²) in [5, 5.41) is 20.0. The van der Waals surface area contributed by atoms with E-state index in [4.69, 9.17) is 0 Å².